The number of anilines is 2. The summed E-state index contributed by atoms with van der Waals surface area (Å²) in [5.41, 5.74) is 8.36. The summed E-state index contributed by atoms with van der Waals surface area (Å²) in [6, 6.07) is 13.1. The van der Waals surface area contributed by atoms with Crippen molar-refractivity contribution in [3.05, 3.63) is 52.5 Å². The van der Waals surface area contributed by atoms with Gasteiger partial charge in [-0.2, -0.15) is 0 Å². The number of amides is 1. The van der Waals surface area contributed by atoms with Crippen LogP contribution in [0.5, 0.6) is 5.75 Å². The molecule has 0 bridgehead atoms. The molecule has 4 N–H and O–H groups in total. The van der Waals surface area contributed by atoms with Crippen LogP contribution in [0.2, 0.25) is 0 Å². The molecule has 0 aromatic heterocycles. The zero-order chi connectivity index (χ0) is 18.2. The number of nitrogens with two attached hydrogens (primary N) is 1. The normalized spacial score (nSPS) is 10.7. The summed E-state index contributed by atoms with van der Waals surface area (Å²) in [7, 11) is 1.59. The largest absolute Gasteiger partial charge is 0.495 e. The summed E-state index contributed by atoms with van der Waals surface area (Å²) < 4.78 is 6.21. The Bertz CT molecular complexity index is 784. The van der Waals surface area contributed by atoms with E-state index in [1.807, 2.05) is 49.4 Å². The molecule has 8 heteroatoms. The molecule has 0 unspecified atom stereocenters. The molecule has 0 saturated carbocycles. The number of para-hydroxylation sites is 2. The van der Waals surface area contributed by atoms with Gasteiger partial charge in [0.25, 0.3) is 0 Å². The maximum atomic E-state index is 12.0. The number of halogens is 2. The predicted octanol–water partition coefficient (Wildman–Crippen LogP) is 4.14. The highest BCUT2D eigenvalue weighted by Gasteiger charge is 2.06. The summed E-state index contributed by atoms with van der Waals surface area (Å²) in [5.74, 6) is 0.792. The topological polar surface area (TPSA) is 88.7 Å². The molecule has 2 aromatic rings. The van der Waals surface area contributed by atoms with Gasteiger partial charge >= 0.3 is 0 Å². The highest BCUT2D eigenvalue weighted by atomic mass is 127. The van der Waals surface area contributed by atoms with Crippen LogP contribution in [0.25, 0.3) is 0 Å². The van der Waals surface area contributed by atoms with E-state index in [4.69, 9.17) is 10.5 Å². The van der Waals surface area contributed by atoms with Crippen molar-refractivity contribution in [1.29, 1.82) is 0 Å². The lowest BCUT2D eigenvalue weighted by molar-refractivity contribution is -0.116. The second-order valence-electron chi connectivity index (χ2n) is 5.35. The second kappa shape index (κ2) is 11.0. The van der Waals surface area contributed by atoms with Crippen LogP contribution in [0.4, 0.5) is 11.4 Å². The maximum Gasteiger partial charge on any atom is 0.226 e. The minimum Gasteiger partial charge on any atom is -0.495 e. The highest BCUT2D eigenvalue weighted by molar-refractivity contribution is 14.0. The van der Waals surface area contributed by atoms with Gasteiger partial charge in [0.05, 0.1) is 19.3 Å². The summed E-state index contributed by atoms with van der Waals surface area (Å²) >= 11 is 3.40. The molecule has 0 atom stereocenters. The Balaban J connectivity index is 0.00000338. The third-order valence-electron chi connectivity index (χ3n) is 3.45. The zero-order valence-electron chi connectivity index (χ0n) is 14.6. The summed E-state index contributed by atoms with van der Waals surface area (Å²) in [6.45, 7) is 2.23. The summed E-state index contributed by atoms with van der Waals surface area (Å²) in [6.07, 6.45) is 0.240. The number of hydrogen-bond donors (Lipinski definition) is 3. The van der Waals surface area contributed by atoms with Crippen LogP contribution in [-0.2, 0) is 4.79 Å². The minimum absolute atomic E-state index is 0. The Morgan fingerprint density at radius 2 is 1.92 bits per heavy atom. The molecule has 6 nitrogen and oxygen atoms in total. The first-order valence-electron chi connectivity index (χ1n) is 7.75. The number of nitrogens with one attached hydrogen (secondary N) is 2. The summed E-state index contributed by atoms with van der Waals surface area (Å²) in [4.78, 5) is 16.2. The Kier molecular flexibility index (Phi) is 9.42. The van der Waals surface area contributed by atoms with Crippen molar-refractivity contribution in [2.24, 2.45) is 10.7 Å². The molecular formula is C18H22BrIN4O2. The molecule has 0 heterocycles. The standard InChI is InChI=1S/C18H21BrN4O2.HI/c1-12-11-13(19)7-8-14(12)22-17(24)9-10-21-18(20)23-15-5-3-4-6-16(15)25-2;/h3-8,11H,9-10H2,1-2H3,(H,22,24)(H3,20,21,23);1H. The number of aliphatic imine (C=N–C) groups is 1. The predicted molar refractivity (Wildman–Crippen MR) is 121 cm³/mol. The van der Waals surface area contributed by atoms with Gasteiger partial charge in [-0.3, -0.25) is 9.79 Å². The van der Waals surface area contributed by atoms with Crippen molar-refractivity contribution >= 4 is 63.1 Å². The lowest BCUT2D eigenvalue weighted by Gasteiger charge is -2.10. The van der Waals surface area contributed by atoms with Crippen molar-refractivity contribution in [3.8, 4) is 5.75 Å². The van der Waals surface area contributed by atoms with E-state index in [-0.39, 0.29) is 48.8 Å². The van der Waals surface area contributed by atoms with Crippen molar-refractivity contribution < 1.29 is 9.53 Å². The molecule has 0 aliphatic carbocycles. The highest BCUT2D eigenvalue weighted by Crippen LogP contribution is 2.22. The first-order valence-corrected chi connectivity index (χ1v) is 8.55. The van der Waals surface area contributed by atoms with Crippen LogP contribution >= 0.6 is 39.9 Å². The van der Waals surface area contributed by atoms with Crippen LogP contribution < -0.4 is 21.1 Å². The van der Waals surface area contributed by atoms with E-state index in [1.54, 1.807) is 7.11 Å². The van der Waals surface area contributed by atoms with E-state index < -0.39 is 0 Å². The fourth-order valence-electron chi connectivity index (χ4n) is 2.18. The van der Waals surface area contributed by atoms with Crippen molar-refractivity contribution in [2.75, 3.05) is 24.3 Å². The SMILES string of the molecule is COc1ccccc1NC(N)=NCCC(=O)Nc1ccc(Br)cc1C.I. The van der Waals surface area contributed by atoms with Gasteiger partial charge in [0, 0.05) is 16.6 Å². The smallest absolute Gasteiger partial charge is 0.226 e. The van der Waals surface area contributed by atoms with Gasteiger partial charge < -0.3 is 21.1 Å². The number of aryl methyl sites for hydroxylation is 1. The molecule has 0 fully saturated rings. The monoisotopic (exact) mass is 532 g/mol. The van der Waals surface area contributed by atoms with E-state index in [0.29, 0.717) is 5.75 Å². The molecular weight excluding hydrogens is 511 g/mol. The average Bonchev–Trinajstić information content (AvgIpc) is 2.58. The molecule has 0 spiro atoms. The molecule has 26 heavy (non-hydrogen) atoms. The molecule has 0 radical (unpaired) electrons. The Hall–Kier alpha value is -1.81. The fraction of sp³-hybridized carbons (Fsp3) is 0.222. The molecule has 0 saturated heterocycles. The third-order valence-corrected chi connectivity index (χ3v) is 3.95. The number of benzene rings is 2. The zero-order valence-corrected chi connectivity index (χ0v) is 18.5. The van der Waals surface area contributed by atoms with E-state index >= 15 is 0 Å². The van der Waals surface area contributed by atoms with Crippen molar-refractivity contribution in [1.82, 2.24) is 0 Å². The van der Waals surface area contributed by atoms with Gasteiger partial charge in [-0.25, -0.2) is 0 Å². The summed E-state index contributed by atoms with van der Waals surface area (Å²) in [5, 5.41) is 5.83. The van der Waals surface area contributed by atoms with E-state index in [2.05, 4.69) is 31.6 Å². The number of rotatable bonds is 6. The number of methoxy groups -OCH3 is 1. The Morgan fingerprint density at radius 3 is 2.62 bits per heavy atom. The Labute approximate surface area is 178 Å². The van der Waals surface area contributed by atoms with Gasteiger partial charge in [0.1, 0.15) is 5.75 Å². The van der Waals surface area contributed by atoms with Gasteiger partial charge in [-0.05, 0) is 42.8 Å². The van der Waals surface area contributed by atoms with Crippen LogP contribution in [-0.4, -0.2) is 25.5 Å². The van der Waals surface area contributed by atoms with Crippen LogP contribution in [0.1, 0.15) is 12.0 Å². The Morgan fingerprint density at radius 1 is 1.19 bits per heavy atom. The lowest BCUT2D eigenvalue weighted by Crippen LogP contribution is -2.24. The maximum absolute atomic E-state index is 12.0. The molecule has 2 rings (SSSR count). The van der Waals surface area contributed by atoms with E-state index in [0.717, 1.165) is 21.4 Å². The van der Waals surface area contributed by atoms with Crippen molar-refractivity contribution in [3.63, 3.8) is 0 Å². The number of carbonyl (C=O) groups is 1. The molecule has 2 aromatic carbocycles. The number of hydrogen-bond acceptors (Lipinski definition) is 3. The van der Waals surface area contributed by atoms with E-state index in [1.165, 1.54) is 0 Å². The quantitative estimate of drug-likeness (QED) is 0.296. The van der Waals surface area contributed by atoms with Crippen LogP contribution in [0.15, 0.2) is 51.9 Å². The molecule has 0 aliphatic rings. The number of ether oxygens (including phenoxy) is 1. The van der Waals surface area contributed by atoms with Gasteiger partial charge in [-0.1, -0.05) is 28.1 Å². The number of guanidine groups is 1. The van der Waals surface area contributed by atoms with E-state index in [9.17, 15) is 4.79 Å². The van der Waals surface area contributed by atoms with Crippen LogP contribution in [0, 0.1) is 6.92 Å². The first kappa shape index (κ1) is 22.2. The number of nitrogens with zero attached hydrogens (tertiary/aromatic N) is 1. The number of carbonyl (C=O) groups excluding carboxylic acids is 1. The van der Waals surface area contributed by atoms with Crippen LogP contribution in [0.3, 0.4) is 0 Å². The fourth-order valence-corrected chi connectivity index (χ4v) is 2.66. The third kappa shape index (κ3) is 6.83. The van der Waals surface area contributed by atoms with Crippen molar-refractivity contribution in [2.45, 2.75) is 13.3 Å². The average molecular weight is 533 g/mol. The van der Waals surface area contributed by atoms with Gasteiger partial charge in [0.2, 0.25) is 5.91 Å². The molecule has 1 amide bonds. The minimum atomic E-state index is -0.112. The molecule has 0 aliphatic heterocycles. The lowest BCUT2D eigenvalue weighted by atomic mass is 10.2. The second-order valence-corrected chi connectivity index (χ2v) is 6.27. The molecule has 140 valence electrons. The first-order chi connectivity index (χ1) is 12.0. The van der Waals surface area contributed by atoms with Gasteiger partial charge in [-0.15, -0.1) is 24.0 Å². The van der Waals surface area contributed by atoms with Gasteiger partial charge in [0.15, 0.2) is 5.96 Å².